The van der Waals surface area contributed by atoms with Crippen molar-refractivity contribution in [1.29, 1.82) is 0 Å². The molecule has 2 aromatic rings. The molecule has 6 nitrogen and oxygen atoms in total. The van der Waals surface area contributed by atoms with E-state index in [1.54, 1.807) is 32.8 Å². The minimum atomic E-state index is -0.122. The Hall–Kier alpha value is -2.15. The lowest BCUT2D eigenvalue weighted by molar-refractivity contribution is 0.0698. The number of aromatic nitrogens is 1. The second-order valence-corrected chi connectivity index (χ2v) is 5.51. The number of furan rings is 1. The van der Waals surface area contributed by atoms with Crippen LogP contribution in [0.25, 0.3) is 0 Å². The molecule has 0 atom stereocenters. The third-order valence-electron chi connectivity index (χ3n) is 3.45. The van der Waals surface area contributed by atoms with Crippen LogP contribution in [0.3, 0.4) is 0 Å². The van der Waals surface area contributed by atoms with Crippen LogP contribution in [-0.4, -0.2) is 52.8 Å². The van der Waals surface area contributed by atoms with Crippen molar-refractivity contribution in [2.24, 2.45) is 0 Å². The highest BCUT2D eigenvalue weighted by Crippen LogP contribution is 2.12. The summed E-state index contributed by atoms with van der Waals surface area (Å²) in [6, 6.07) is 3.36. The summed E-state index contributed by atoms with van der Waals surface area (Å²) in [6.07, 6.45) is 2.24. The maximum Gasteiger partial charge on any atom is 0.289 e. The Morgan fingerprint density at radius 2 is 1.90 bits per heavy atom. The molecule has 7 heteroatoms. The van der Waals surface area contributed by atoms with Gasteiger partial charge in [-0.2, -0.15) is 0 Å². The fourth-order valence-electron chi connectivity index (χ4n) is 2.36. The van der Waals surface area contributed by atoms with Crippen LogP contribution in [-0.2, 0) is 0 Å². The van der Waals surface area contributed by atoms with Crippen molar-refractivity contribution in [3.8, 4) is 0 Å². The van der Waals surface area contributed by atoms with Crippen LogP contribution in [0.1, 0.15) is 27.5 Å². The molecule has 1 fully saturated rings. The lowest BCUT2D eigenvalue weighted by atomic mass is 10.3. The van der Waals surface area contributed by atoms with E-state index in [1.165, 1.54) is 17.6 Å². The quantitative estimate of drug-likeness (QED) is 0.847. The predicted molar refractivity (Wildman–Crippen MR) is 77.2 cm³/mol. The molecular weight excluding hydrogens is 290 g/mol. The number of carbonyl (C=O) groups is 2. The molecule has 0 radical (unpaired) electrons. The summed E-state index contributed by atoms with van der Waals surface area (Å²) in [6.45, 7) is 2.29. The number of thiazole rings is 1. The fourth-order valence-corrected chi connectivity index (χ4v) is 2.89. The molecule has 21 heavy (non-hydrogen) atoms. The van der Waals surface area contributed by atoms with Gasteiger partial charge in [0.15, 0.2) is 5.76 Å². The zero-order chi connectivity index (χ0) is 14.7. The number of hydrogen-bond acceptors (Lipinski definition) is 5. The minimum absolute atomic E-state index is 0.0662. The van der Waals surface area contributed by atoms with E-state index in [9.17, 15) is 9.59 Å². The van der Waals surface area contributed by atoms with Gasteiger partial charge in [-0.1, -0.05) is 0 Å². The molecule has 110 valence electrons. The summed E-state index contributed by atoms with van der Waals surface area (Å²) in [7, 11) is 0. The predicted octanol–water partition coefficient (Wildman–Crippen LogP) is 1.72. The van der Waals surface area contributed by atoms with E-state index in [0.717, 1.165) is 6.42 Å². The Labute approximate surface area is 126 Å². The van der Waals surface area contributed by atoms with E-state index in [2.05, 4.69) is 4.98 Å². The highest BCUT2D eigenvalue weighted by atomic mass is 32.1. The first-order chi connectivity index (χ1) is 10.3. The largest absolute Gasteiger partial charge is 0.459 e. The van der Waals surface area contributed by atoms with Crippen molar-refractivity contribution >= 4 is 23.2 Å². The summed E-state index contributed by atoms with van der Waals surface area (Å²) in [5.41, 5.74) is 2.13. The summed E-state index contributed by atoms with van der Waals surface area (Å²) >= 11 is 1.41. The molecule has 0 aromatic carbocycles. The molecule has 0 saturated carbocycles. The van der Waals surface area contributed by atoms with E-state index in [-0.39, 0.29) is 11.8 Å². The average molecular weight is 305 g/mol. The van der Waals surface area contributed by atoms with Crippen LogP contribution in [0, 0.1) is 0 Å². The fraction of sp³-hybridized carbons (Fsp3) is 0.357. The van der Waals surface area contributed by atoms with Crippen LogP contribution in [0.2, 0.25) is 0 Å². The molecule has 1 aliphatic heterocycles. The summed E-state index contributed by atoms with van der Waals surface area (Å²) < 4.78 is 5.14. The Morgan fingerprint density at radius 3 is 2.52 bits per heavy atom. The van der Waals surface area contributed by atoms with Crippen LogP contribution >= 0.6 is 11.3 Å². The van der Waals surface area contributed by atoms with Gasteiger partial charge in [-0.25, -0.2) is 4.98 Å². The molecule has 0 aliphatic carbocycles. The minimum Gasteiger partial charge on any atom is -0.459 e. The molecule has 2 amide bonds. The Bertz CT molecular complexity index is 555. The molecular formula is C14H15N3O3S. The summed E-state index contributed by atoms with van der Waals surface area (Å²) in [4.78, 5) is 32.0. The van der Waals surface area contributed by atoms with Gasteiger partial charge < -0.3 is 14.2 Å². The Balaban J connectivity index is 1.64. The molecule has 3 rings (SSSR count). The molecule has 0 N–H and O–H groups in total. The molecule has 0 unspecified atom stereocenters. The molecule has 3 heterocycles. The van der Waals surface area contributed by atoms with Crippen molar-refractivity contribution in [2.45, 2.75) is 6.42 Å². The second-order valence-electron chi connectivity index (χ2n) is 4.79. The smallest absolute Gasteiger partial charge is 0.289 e. The molecule has 0 spiro atoms. The van der Waals surface area contributed by atoms with Gasteiger partial charge in [-0.3, -0.25) is 9.59 Å². The Morgan fingerprint density at radius 1 is 1.14 bits per heavy atom. The maximum absolute atomic E-state index is 12.3. The number of hydrogen-bond donors (Lipinski definition) is 0. The van der Waals surface area contributed by atoms with Crippen LogP contribution in [0.4, 0.5) is 0 Å². The lowest BCUT2D eigenvalue weighted by Gasteiger charge is -2.21. The topological polar surface area (TPSA) is 66.7 Å². The molecule has 1 aliphatic rings. The van der Waals surface area contributed by atoms with Crippen LogP contribution in [0.15, 0.2) is 33.7 Å². The van der Waals surface area contributed by atoms with Gasteiger partial charge in [0.25, 0.3) is 11.8 Å². The first kappa shape index (κ1) is 13.8. The van der Waals surface area contributed by atoms with Crippen molar-refractivity contribution in [3.05, 3.63) is 40.7 Å². The number of rotatable bonds is 2. The van der Waals surface area contributed by atoms with E-state index < -0.39 is 0 Å². The van der Waals surface area contributed by atoms with Gasteiger partial charge in [-0.15, -0.1) is 11.3 Å². The van der Waals surface area contributed by atoms with Crippen molar-refractivity contribution in [2.75, 3.05) is 26.2 Å². The molecule has 2 aromatic heterocycles. The van der Waals surface area contributed by atoms with E-state index in [1.807, 2.05) is 0 Å². The highest BCUT2D eigenvalue weighted by Gasteiger charge is 2.25. The van der Waals surface area contributed by atoms with Gasteiger partial charge in [0.05, 0.1) is 11.8 Å². The van der Waals surface area contributed by atoms with Gasteiger partial charge in [0.2, 0.25) is 0 Å². The molecule has 0 bridgehead atoms. The highest BCUT2D eigenvalue weighted by molar-refractivity contribution is 7.07. The molecule has 1 saturated heterocycles. The van der Waals surface area contributed by atoms with Crippen molar-refractivity contribution in [3.63, 3.8) is 0 Å². The summed E-state index contributed by atoms with van der Waals surface area (Å²) in [5.74, 6) is 0.154. The van der Waals surface area contributed by atoms with Crippen LogP contribution in [0.5, 0.6) is 0 Å². The maximum atomic E-state index is 12.3. The third-order valence-corrected chi connectivity index (χ3v) is 4.04. The SMILES string of the molecule is O=C(c1cscn1)N1CCCN(C(=O)c2ccco2)CC1. The van der Waals surface area contributed by atoms with E-state index >= 15 is 0 Å². The normalized spacial score (nSPS) is 15.8. The van der Waals surface area contributed by atoms with Gasteiger partial charge in [0, 0.05) is 31.6 Å². The van der Waals surface area contributed by atoms with Gasteiger partial charge in [0.1, 0.15) is 5.69 Å². The monoisotopic (exact) mass is 305 g/mol. The number of nitrogens with zero attached hydrogens (tertiary/aromatic N) is 3. The Kier molecular flexibility index (Phi) is 4.01. The van der Waals surface area contributed by atoms with Crippen LogP contribution < -0.4 is 0 Å². The average Bonchev–Trinajstić information content (AvgIpc) is 3.15. The first-order valence-corrected chi connectivity index (χ1v) is 7.70. The van der Waals surface area contributed by atoms with Crippen molar-refractivity contribution < 1.29 is 14.0 Å². The van der Waals surface area contributed by atoms with E-state index in [0.29, 0.717) is 37.6 Å². The summed E-state index contributed by atoms with van der Waals surface area (Å²) in [5, 5.41) is 1.75. The zero-order valence-electron chi connectivity index (χ0n) is 11.4. The van der Waals surface area contributed by atoms with Gasteiger partial charge >= 0.3 is 0 Å². The zero-order valence-corrected chi connectivity index (χ0v) is 12.2. The third kappa shape index (κ3) is 2.97. The number of amides is 2. The lowest BCUT2D eigenvalue weighted by Crippen LogP contribution is -2.37. The standard InChI is InChI=1S/C14H15N3O3S/c18-13(11-9-21-10-15-11)16-4-2-5-17(7-6-16)14(19)12-3-1-8-20-12/h1,3,8-10H,2,4-7H2. The van der Waals surface area contributed by atoms with Gasteiger partial charge in [-0.05, 0) is 18.6 Å². The van der Waals surface area contributed by atoms with Crippen molar-refractivity contribution in [1.82, 2.24) is 14.8 Å². The van der Waals surface area contributed by atoms with E-state index in [4.69, 9.17) is 4.42 Å². The second kappa shape index (κ2) is 6.09. The number of carbonyl (C=O) groups excluding carboxylic acids is 2. The first-order valence-electron chi connectivity index (χ1n) is 6.76.